The van der Waals surface area contributed by atoms with E-state index in [-0.39, 0.29) is 0 Å². The van der Waals surface area contributed by atoms with Crippen LogP contribution in [-0.4, -0.2) is 19.5 Å². The lowest BCUT2D eigenvalue weighted by Gasteiger charge is -2.15. The number of hydrogen-bond acceptors (Lipinski definition) is 5. The second-order valence-corrected chi connectivity index (χ2v) is 18.3. The molecular weight excluding hydrogens is 869 g/mol. The molecule has 0 aliphatic carbocycles. The summed E-state index contributed by atoms with van der Waals surface area (Å²) in [5.74, 6) is 1.61. The SMILES string of the molecule is c1ccc(-c2ccc(-c3nc(-c4cccc5c4oc4ccccc45)nc(-c4cccc5oc6cc(-n7c8cc9ccccc9cc8c8cc9ccccc9cc87)c(-c7ccccc7)cc6c45)n3)cc2)cc1. The fraction of sp³-hybridized carbons (Fsp3) is 0. The van der Waals surface area contributed by atoms with Gasteiger partial charge in [-0.2, -0.15) is 0 Å². The van der Waals surface area contributed by atoms with Crippen LogP contribution in [0.5, 0.6) is 0 Å². The Kier molecular flexibility index (Phi) is 8.56. The summed E-state index contributed by atoms with van der Waals surface area (Å²) in [6, 6.07) is 81.1. The van der Waals surface area contributed by atoms with Crippen molar-refractivity contribution in [3.05, 3.63) is 231 Å². The zero-order valence-electron chi connectivity index (χ0n) is 38.0. The molecule has 4 heterocycles. The maximum atomic E-state index is 6.99. The smallest absolute Gasteiger partial charge is 0.167 e. The lowest BCUT2D eigenvalue weighted by Crippen LogP contribution is -2.01. The number of benzene rings is 11. The molecule has 11 aromatic carbocycles. The first-order chi connectivity index (χ1) is 35.2. The molecule has 0 atom stereocenters. The maximum Gasteiger partial charge on any atom is 0.167 e. The second kappa shape index (κ2) is 15.4. The molecule has 330 valence electrons. The van der Waals surface area contributed by atoms with E-state index in [1.807, 2.05) is 48.5 Å². The van der Waals surface area contributed by atoms with Gasteiger partial charge in [0, 0.05) is 55.1 Å². The Bertz CT molecular complexity index is 4530. The Labute approximate surface area is 406 Å². The second-order valence-electron chi connectivity index (χ2n) is 18.3. The largest absolute Gasteiger partial charge is 0.456 e. The van der Waals surface area contributed by atoms with E-state index in [9.17, 15) is 0 Å². The molecule has 0 radical (unpaired) electrons. The lowest BCUT2D eigenvalue weighted by atomic mass is 9.98. The number of para-hydroxylation sites is 2. The monoisotopic (exact) mass is 906 g/mol. The van der Waals surface area contributed by atoms with Gasteiger partial charge in [-0.1, -0.05) is 176 Å². The van der Waals surface area contributed by atoms with Crippen LogP contribution in [0.3, 0.4) is 0 Å². The molecule has 6 nitrogen and oxygen atoms in total. The minimum atomic E-state index is 0.519. The number of hydrogen-bond donors (Lipinski definition) is 0. The van der Waals surface area contributed by atoms with Gasteiger partial charge in [-0.05, 0) is 86.8 Å². The summed E-state index contributed by atoms with van der Waals surface area (Å²) in [6.07, 6.45) is 0. The van der Waals surface area contributed by atoms with Gasteiger partial charge in [-0.3, -0.25) is 0 Å². The summed E-state index contributed by atoms with van der Waals surface area (Å²) in [4.78, 5) is 15.9. The van der Waals surface area contributed by atoms with Gasteiger partial charge in [0.1, 0.15) is 22.3 Å². The molecule has 15 aromatic rings. The quantitative estimate of drug-likeness (QED) is 0.166. The van der Waals surface area contributed by atoms with Gasteiger partial charge < -0.3 is 13.4 Å². The average molecular weight is 907 g/mol. The van der Waals surface area contributed by atoms with Crippen molar-refractivity contribution in [3.63, 3.8) is 0 Å². The standard InChI is InChI=1S/C65H38N4O2/c1-3-15-39(16-4-1)40-29-31-42(32-30-40)63-66-64(68-65(67-63)50-26-13-24-48-47-23-11-12-27-58(47)71-62(48)50)49-25-14-28-59-61(49)54-37-51(41-17-5-2-6-18-41)57(38-60(54)70-59)69-55-35-45-21-9-7-19-43(45)33-52(55)53-34-44-20-8-10-22-46(44)36-56(53)69/h1-38H. The van der Waals surface area contributed by atoms with E-state index in [0.29, 0.717) is 17.5 Å². The van der Waals surface area contributed by atoms with Crippen molar-refractivity contribution < 1.29 is 8.83 Å². The van der Waals surface area contributed by atoms with Crippen molar-refractivity contribution in [1.82, 2.24) is 19.5 Å². The van der Waals surface area contributed by atoms with Gasteiger partial charge in [0.2, 0.25) is 0 Å². The van der Waals surface area contributed by atoms with Gasteiger partial charge >= 0.3 is 0 Å². The Morgan fingerprint density at radius 1 is 0.296 bits per heavy atom. The van der Waals surface area contributed by atoms with E-state index in [1.165, 1.54) is 32.3 Å². The average Bonchev–Trinajstić information content (AvgIpc) is 4.10. The van der Waals surface area contributed by atoms with Crippen molar-refractivity contribution in [3.8, 4) is 62.1 Å². The minimum Gasteiger partial charge on any atom is -0.456 e. The first-order valence-corrected chi connectivity index (χ1v) is 23.9. The third-order valence-corrected chi connectivity index (χ3v) is 14.2. The molecule has 6 heteroatoms. The fourth-order valence-corrected chi connectivity index (χ4v) is 10.8. The van der Waals surface area contributed by atoms with Crippen molar-refractivity contribution >= 4 is 87.2 Å². The number of rotatable bonds is 6. The van der Waals surface area contributed by atoms with Crippen molar-refractivity contribution in [2.24, 2.45) is 0 Å². The van der Waals surface area contributed by atoms with Gasteiger partial charge in [0.15, 0.2) is 17.5 Å². The molecule has 4 aromatic heterocycles. The Hall–Kier alpha value is -9.65. The van der Waals surface area contributed by atoms with E-state index in [0.717, 1.165) is 99.5 Å². The summed E-state index contributed by atoms with van der Waals surface area (Å²) in [5, 5.41) is 11.1. The van der Waals surface area contributed by atoms with E-state index in [1.54, 1.807) is 0 Å². The highest BCUT2D eigenvalue weighted by Gasteiger charge is 2.24. The van der Waals surface area contributed by atoms with E-state index in [4.69, 9.17) is 23.8 Å². The summed E-state index contributed by atoms with van der Waals surface area (Å²) >= 11 is 0. The molecule has 0 amide bonds. The highest BCUT2D eigenvalue weighted by Crippen LogP contribution is 2.45. The Morgan fingerprint density at radius 2 is 0.817 bits per heavy atom. The highest BCUT2D eigenvalue weighted by atomic mass is 16.3. The van der Waals surface area contributed by atoms with E-state index < -0.39 is 0 Å². The van der Waals surface area contributed by atoms with Crippen molar-refractivity contribution in [1.29, 1.82) is 0 Å². The van der Waals surface area contributed by atoms with Crippen molar-refractivity contribution in [2.75, 3.05) is 0 Å². The summed E-state index contributed by atoms with van der Waals surface area (Å²) < 4.78 is 16.0. The lowest BCUT2D eigenvalue weighted by molar-refractivity contribution is 0.668. The maximum absolute atomic E-state index is 6.99. The van der Waals surface area contributed by atoms with Gasteiger partial charge in [-0.25, -0.2) is 15.0 Å². The minimum absolute atomic E-state index is 0.519. The Balaban J connectivity index is 0.988. The van der Waals surface area contributed by atoms with Gasteiger partial charge in [0.05, 0.1) is 22.3 Å². The van der Waals surface area contributed by atoms with Crippen molar-refractivity contribution in [2.45, 2.75) is 0 Å². The third-order valence-electron chi connectivity index (χ3n) is 14.2. The van der Waals surface area contributed by atoms with Crippen LogP contribution in [0, 0.1) is 0 Å². The predicted molar refractivity (Wildman–Crippen MR) is 291 cm³/mol. The Morgan fingerprint density at radius 3 is 1.52 bits per heavy atom. The molecule has 0 aliphatic rings. The molecule has 0 aliphatic heterocycles. The van der Waals surface area contributed by atoms with E-state index >= 15 is 0 Å². The first-order valence-electron chi connectivity index (χ1n) is 23.9. The van der Waals surface area contributed by atoms with Crippen LogP contribution in [-0.2, 0) is 0 Å². The molecule has 0 saturated carbocycles. The molecule has 0 N–H and O–H groups in total. The molecule has 0 bridgehead atoms. The number of fused-ring (bicyclic) bond motifs is 11. The molecule has 71 heavy (non-hydrogen) atoms. The van der Waals surface area contributed by atoms with Crippen LogP contribution in [0.4, 0.5) is 0 Å². The molecule has 0 unspecified atom stereocenters. The first kappa shape index (κ1) is 39.4. The van der Waals surface area contributed by atoms with Crippen LogP contribution in [0.2, 0.25) is 0 Å². The number of nitrogens with zero attached hydrogens (tertiary/aromatic N) is 4. The summed E-state index contributed by atoms with van der Waals surface area (Å²) in [7, 11) is 0. The molecule has 0 saturated heterocycles. The van der Waals surface area contributed by atoms with Crippen LogP contribution in [0.15, 0.2) is 239 Å². The molecular formula is C65H38N4O2. The zero-order valence-corrected chi connectivity index (χ0v) is 38.0. The van der Waals surface area contributed by atoms with Gasteiger partial charge in [0.25, 0.3) is 0 Å². The molecule has 15 rings (SSSR count). The normalized spacial score (nSPS) is 11.9. The van der Waals surface area contributed by atoms with Crippen LogP contribution >= 0.6 is 0 Å². The summed E-state index contributed by atoms with van der Waals surface area (Å²) in [5.41, 5.74) is 13.2. The fourth-order valence-electron chi connectivity index (χ4n) is 10.8. The van der Waals surface area contributed by atoms with Crippen LogP contribution < -0.4 is 0 Å². The van der Waals surface area contributed by atoms with Crippen LogP contribution in [0.1, 0.15) is 0 Å². The highest BCUT2D eigenvalue weighted by molar-refractivity contribution is 6.19. The predicted octanol–water partition coefficient (Wildman–Crippen LogP) is 17.4. The molecule has 0 fully saturated rings. The topological polar surface area (TPSA) is 69.9 Å². The number of furan rings is 2. The number of aromatic nitrogens is 4. The van der Waals surface area contributed by atoms with E-state index in [2.05, 4.69) is 187 Å². The van der Waals surface area contributed by atoms with Crippen LogP contribution in [0.25, 0.3) is 149 Å². The summed E-state index contributed by atoms with van der Waals surface area (Å²) in [6.45, 7) is 0. The van der Waals surface area contributed by atoms with Gasteiger partial charge in [-0.15, -0.1) is 0 Å². The third kappa shape index (κ3) is 6.25. The molecule has 0 spiro atoms. The zero-order chi connectivity index (χ0) is 46.6.